The molecule has 0 aliphatic carbocycles. The zero-order chi connectivity index (χ0) is 17.6. The molecule has 1 fully saturated rings. The Morgan fingerprint density at radius 3 is 2.54 bits per heavy atom. The fraction of sp³-hybridized carbons (Fsp3) is 0.533. The minimum Gasteiger partial charge on any atom is -0.379 e. The number of amides is 1. The van der Waals surface area contributed by atoms with Crippen molar-refractivity contribution in [2.24, 2.45) is 0 Å². The Bertz CT molecular complexity index is 645. The summed E-state index contributed by atoms with van der Waals surface area (Å²) in [4.78, 5) is 14.1. The first-order chi connectivity index (χ1) is 11.4. The van der Waals surface area contributed by atoms with Gasteiger partial charge < -0.3 is 10.1 Å². The highest BCUT2D eigenvalue weighted by Crippen LogP contribution is 2.10. The summed E-state index contributed by atoms with van der Waals surface area (Å²) < 4.78 is 44.7. The van der Waals surface area contributed by atoms with Crippen molar-refractivity contribution in [3.05, 3.63) is 30.1 Å². The van der Waals surface area contributed by atoms with Gasteiger partial charge in [0.1, 0.15) is 5.82 Å². The number of hydrogen-bond donors (Lipinski definition) is 2. The number of hydrogen-bond acceptors (Lipinski definition) is 5. The molecule has 1 heterocycles. The summed E-state index contributed by atoms with van der Waals surface area (Å²) in [7, 11) is -3.87. The average Bonchev–Trinajstić information content (AvgIpc) is 2.55. The number of benzene rings is 1. The van der Waals surface area contributed by atoms with Crippen LogP contribution in [-0.4, -0.2) is 64.7 Å². The first kappa shape index (κ1) is 18.8. The Hall–Kier alpha value is -1.55. The van der Waals surface area contributed by atoms with Crippen molar-refractivity contribution in [1.29, 1.82) is 0 Å². The van der Waals surface area contributed by atoms with Crippen molar-refractivity contribution in [2.45, 2.75) is 17.9 Å². The molecule has 134 valence electrons. The maximum Gasteiger partial charge on any atom is 0.241 e. The quantitative estimate of drug-likeness (QED) is 0.712. The molecule has 9 heteroatoms. The molecular weight excluding hydrogens is 337 g/mol. The lowest BCUT2D eigenvalue weighted by atomic mass is 10.3. The summed E-state index contributed by atoms with van der Waals surface area (Å²) in [5.74, 6) is -0.934. The highest BCUT2D eigenvalue weighted by Gasteiger charge is 2.22. The van der Waals surface area contributed by atoms with Crippen molar-refractivity contribution in [2.75, 3.05) is 39.4 Å². The number of carbonyl (C=O) groups is 1. The van der Waals surface area contributed by atoms with Crippen molar-refractivity contribution < 1.29 is 22.3 Å². The van der Waals surface area contributed by atoms with E-state index in [1.165, 1.54) is 6.92 Å². The molecule has 0 bridgehead atoms. The van der Waals surface area contributed by atoms with Gasteiger partial charge in [0.05, 0.1) is 24.2 Å². The molecule has 1 aromatic rings. The van der Waals surface area contributed by atoms with E-state index >= 15 is 0 Å². The van der Waals surface area contributed by atoms with Gasteiger partial charge in [0, 0.05) is 26.2 Å². The summed E-state index contributed by atoms with van der Waals surface area (Å²) in [6, 6.07) is 3.50. The minimum atomic E-state index is -3.87. The van der Waals surface area contributed by atoms with E-state index in [4.69, 9.17) is 4.74 Å². The topological polar surface area (TPSA) is 87.7 Å². The Kier molecular flexibility index (Phi) is 6.67. The largest absolute Gasteiger partial charge is 0.379 e. The number of nitrogens with one attached hydrogen (secondary N) is 2. The van der Waals surface area contributed by atoms with E-state index in [-0.39, 0.29) is 4.90 Å². The molecule has 0 spiro atoms. The first-order valence-corrected chi connectivity index (χ1v) is 9.22. The van der Waals surface area contributed by atoms with E-state index in [1.807, 2.05) is 0 Å². The lowest BCUT2D eigenvalue weighted by Gasteiger charge is -2.26. The summed E-state index contributed by atoms with van der Waals surface area (Å²) >= 11 is 0. The lowest BCUT2D eigenvalue weighted by molar-refractivity contribution is -0.122. The standard InChI is InChI=1S/C15H22FN3O4S/c1-12(15(20)17-6-7-19-8-10-23-11-9-19)18-24(21,22)14-4-2-13(16)3-5-14/h2-5,12,18H,6-11H2,1H3,(H,17,20)/t12-/m1/s1. The molecule has 2 N–H and O–H groups in total. The predicted molar refractivity (Wildman–Crippen MR) is 86.5 cm³/mol. The molecule has 1 atom stereocenters. The molecule has 0 saturated carbocycles. The molecule has 24 heavy (non-hydrogen) atoms. The van der Waals surface area contributed by atoms with Crippen molar-refractivity contribution in [1.82, 2.24) is 14.9 Å². The van der Waals surface area contributed by atoms with Gasteiger partial charge in [-0.1, -0.05) is 0 Å². The first-order valence-electron chi connectivity index (χ1n) is 7.74. The van der Waals surface area contributed by atoms with Crippen molar-refractivity contribution in [3.63, 3.8) is 0 Å². The highest BCUT2D eigenvalue weighted by atomic mass is 32.2. The fourth-order valence-electron chi connectivity index (χ4n) is 2.28. The van der Waals surface area contributed by atoms with Crippen LogP contribution in [0.5, 0.6) is 0 Å². The summed E-state index contributed by atoms with van der Waals surface area (Å²) in [6.45, 7) is 5.59. The molecule has 1 aliphatic rings. The summed E-state index contributed by atoms with van der Waals surface area (Å²) in [6.07, 6.45) is 0. The van der Waals surface area contributed by atoms with Gasteiger partial charge in [-0.2, -0.15) is 4.72 Å². The molecule has 0 unspecified atom stereocenters. The Morgan fingerprint density at radius 2 is 1.92 bits per heavy atom. The smallest absolute Gasteiger partial charge is 0.241 e. The molecule has 1 aliphatic heterocycles. The molecular formula is C15H22FN3O4S. The number of rotatable bonds is 7. The monoisotopic (exact) mass is 359 g/mol. The minimum absolute atomic E-state index is 0.0862. The third-order valence-electron chi connectivity index (χ3n) is 3.68. The van der Waals surface area contributed by atoms with Gasteiger partial charge in [-0.3, -0.25) is 9.69 Å². The maximum atomic E-state index is 12.9. The number of morpholine rings is 1. The second-order valence-electron chi connectivity index (χ2n) is 5.54. The van der Waals surface area contributed by atoms with Crippen LogP contribution in [0.3, 0.4) is 0 Å². The maximum absolute atomic E-state index is 12.9. The van der Waals surface area contributed by atoms with E-state index in [0.29, 0.717) is 26.3 Å². The highest BCUT2D eigenvalue weighted by molar-refractivity contribution is 7.89. The molecule has 2 rings (SSSR count). The van der Waals surface area contributed by atoms with Crippen LogP contribution in [-0.2, 0) is 19.6 Å². The van der Waals surface area contributed by atoms with Crippen LogP contribution >= 0.6 is 0 Å². The molecule has 1 amide bonds. The third-order valence-corrected chi connectivity index (χ3v) is 5.24. The van der Waals surface area contributed by atoms with E-state index in [9.17, 15) is 17.6 Å². The summed E-state index contributed by atoms with van der Waals surface area (Å²) in [5, 5.41) is 2.70. The van der Waals surface area contributed by atoms with Crippen LogP contribution in [0.1, 0.15) is 6.92 Å². The number of nitrogens with zero attached hydrogens (tertiary/aromatic N) is 1. The second-order valence-corrected chi connectivity index (χ2v) is 7.26. The number of carbonyl (C=O) groups excluding carboxylic acids is 1. The third kappa shape index (κ3) is 5.52. The predicted octanol–water partition coefficient (Wildman–Crippen LogP) is -0.0591. The zero-order valence-electron chi connectivity index (χ0n) is 13.5. The van der Waals surface area contributed by atoms with Gasteiger partial charge in [-0.25, -0.2) is 12.8 Å². The average molecular weight is 359 g/mol. The van der Waals surface area contributed by atoms with Crippen molar-refractivity contribution in [3.8, 4) is 0 Å². The molecule has 0 radical (unpaired) electrons. The van der Waals surface area contributed by atoms with Gasteiger partial charge in [0.15, 0.2) is 0 Å². The van der Waals surface area contributed by atoms with Crippen LogP contribution < -0.4 is 10.0 Å². The van der Waals surface area contributed by atoms with E-state index in [0.717, 1.165) is 37.4 Å². The van der Waals surface area contributed by atoms with Gasteiger partial charge in [0.25, 0.3) is 0 Å². The SMILES string of the molecule is C[C@@H](NS(=O)(=O)c1ccc(F)cc1)C(=O)NCCN1CCOCC1. The molecule has 0 aromatic heterocycles. The van der Waals surface area contributed by atoms with Crippen molar-refractivity contribution >= 4 is 15.9 Å². The van der Waals surface area contributed by atoms with E-state index < -0.39 is 27.8 Å². The molecule has 7 nitrogen and oxygen atoms in total. The van der Waals surface area contributed by atoms with Gasteiger partial charge in [-0.15, -0.1) is 0 Å². The van der Waals surface area contributed by atoms with E-state index in [2.05, 4.69) is 14.9 Å². The normalized spacial score (nSPS) is 17.4. The Balaban J connectivity index is 1.80. The van der Waals surface area contributed by atoms with Crippen LogP contribution in [0.15, 0.2) is 29.2 Å². The van der Waals surface area contributed by atoms with Crippen LogP contribution in [0.25, 0.3) is 0 Å². The fourth-order valence-corrected chi connectivity index (χ4v) is 3.49. The molecule has 1 saturated heterocycles. The van der Waals surface area contributed by atoms with Gasteiger partial charge in [-0.05, 0) is 31.2 Å². The van der Waals surface area contributed by atoms with Gasteiger partial charge >= 0.3 is 0 Å². The molecule has 1 aromatic carbocycles. The van der Waals surface area contributed by atoms with Crippen LogP contribution in [0.4, 0.5) is 4.39 Å². The second kappa shape index (κ2) is 8.52. The zero-order valence-corrected chi connectivity index (χ0v) is 14.3. The Morgan fingerprint density at radius 1 is 1.29 bits per heavy atom. The van der Waals surface area contributed by atoms with Crippen LogP contribution in [0.2, 0.25) is 0 Å². The number of sulfonamides is 1. The van der Waals surface area contributed by atoms with E-state index in [1.54, 1.807) is 0 Å². The lowest BCUT2D eigenvalue weighted by Crippen LogP contribution is -2.47. The van der Waals surface area contributed by atoms with Gasteiger partial charge in [0.2, 0.25) is 15.9 Å². The van der Waals surface area contributed by atoms with Crippen LogP contribution in [0, 0.1) is 5.82 Å². The number of ether oxygens (including phenoxy) is 1. The Labute approximate surface area is 141 Å². The number of halogens is 1. The summed E-state index contributed by atoms with van der Waals surface area (Å²) in [5.41, 5.74) is 0.